The van der Waals surface area contributed by atoms with Crippen molar-refractivity contribution in [2.24, 2.45) is 0 Å². The Balaban J connectivity index is 3.71. The molecule has 0 aromatic carbocycles. The minimum atomic E-state index is 0.723. The highest BCUT2D eigenvalue weighted by atomic mass is 32.1. The fraction of sp³-hybridized carbons (Fsp3) is 0.938. The van der Waals surface area contributed by atoms with E-state index in [-0.39, 0.29) is 0 Å². The van der Waals surface area contributed by atoms with Crippen molar-refractivity contribution in [3.63, 3.8) is 0 Å². The van der Waals surface area contributed by atoms with Crippen molar-refractivity contribution in [1.29, 1.82) is 0 Å². The topological polar surface area (TPSA) is 21.7 Å². The van der Waals surface area contributed by atoms with Gasteiger partial charge in [0.2, 0.25) is 0 Å². The normalized spacial score (nSPS) is 10.8. The predicted molar refractivity (Wildman–Crippen MR) is 90.5 cm³/mol. The average Bonchev–Trinajstić information content (AvgIpc) is 2.46. The van der Waals surface area contributed by atoms with E-state index in [4.69, 9.17) is 21.7 Å². The molecule has 3 nitrogen and oxygen atoms in total. The van der Waals surface area contributed by atoms with Gasteiger partial charge in [0.25, 0.3) is 0 Å². The summed E-state index contributed by atoms with van der Waals surface area (Å²) in [6.45, 7) is 5.44. The molecular formula is C16H33NO2S. The van der Waals surface area contributed by atoms with Gasteiger partial charge in [-0.1, -0.05) is 57.7 Å². The van der Waals surface area contributed by atoms with Crippen molar-refractivity contribution in [3.8, 4) is 0 Å². The van der Waals surface area contributed by atoms with Gasteiger partial charge in [-0.2, -0.15) is 0 Å². The zero-order chi connectivity index (χ0) is 15.1. The van der Waals surface area contributed by atoms with E-state index in [1.165, 1.54) is 44.9 Å². The monoisotopic (exact) mass is 303 g/mol. The van der Waals surface area contributed by atoms with E-state index in [1.807, 2.05) is 0 Å². The van der Waals surface area contributed by atoms with Crippen molar-refractivity contribution in [2.75, 3.05) is 40.5 Å². The molecule has 0 fully saturated rings. The van der Waals surface area contributed by atoms with Crippen LogP contribution in [0.25, 0.3) is 0 Å². The molecule has 0 aromatic heterocycles. The molecule has 0 radical (unpaired) electrons. The van der Waals surface area contributed by atoms with Crippen LogP contribution in [0.1, 0.15) is 58.3 Å². The van der Waals surface area contributed by atoms with Crippen molar-refractivity contribution in [2.45, 2.75) is 58.3 Å². The number of unbranched alkanes of at least 4 members (excludes halogenated alkanes) is 6. The highest BCUT2D eigenvalue weighted by molar-refractivity contribution is 7.80. The lowest BCUT2D eigenvalue weighted by atomic mass is 10.1. The van der Waals surface area contributed by atoms with Crippen LogP contribution in [0.5, 0.6) is 0 Å². The quantitative estimate of drug-likeness (QED) is 0.356. The van der Waals surface area contributed by atoms with Crippen LogP contribution >= 0.6 is 12.2 Å². The van der Waals surface area contributed by atoms with Crippen molar-refractivity contribution >= 4 is 17.2 Å². The Morgan fingerprint density at radius 2 is 1.35 bits per heavy atom. The fourth-order valence-corrected chi connectivity index (χ4v) is 2.48. The van der Waals surface area contributed by atoms with Crippen LogP contribution in [0.3, 0.4) is 0 Å². The predicted octanol–water partition coefficient (Wildman–Crippen LogP) is 4.05. The van der Waals surface area contributed by atoms with Crippen molar-refractivity contribution in [3.05, 3.63) is 0 Å². The van der Waals surface area contributed by atoms with Crippen molar-refractivity contribution in [1.82, 2.24) is 4.90 Å². The Labute approximate surface area is 131 Å². The third-order valence-electron chi connectivity index (χ3n) is 3.48. The minimum absolute atomic E-state index is 0.723. The van der Waals surface area contributed by atoms with Gasteiger partial charge in [0, 0.05) is 27.3 Å². The van der Waals surface area contributed by atoms with E-state index in [0.29, 0.717) is 0 Å². The molecule has 0 aliphatic heterocycles. The van der Waals surface area contributed by atoms with Gasteiger partial charge in [-0.3, -0.25) is 0 Å². The molecule has 0 aliphatic carbocycles. The highest BCUT2D eigenvalue weighted by Crippen LogP contribution is 2.10. The Bertz CT molecular complexity index is 217. The molecular weight excluding hydrogens is 270 g/mol. The number of nitrogens with zero attached hydrogens (tertiary/aromatic N) is 1. The van der Waals surface area contributed by atoms with Crippen LogP contribution in [-0.4, -0.2) is 50.4 Å². The molecule has 0 saturated heterocycles. The molecule has 4 heteroatoms. The largest absolute Gasteiger partial charge is 0.383 e. The first-order chi connectivity index (χ1) is 9.76. The lowest BCUT2D eigenvalue weighted by Gasteiger charge is -2.24. The maximum absolute atomic E-state index is 5.54. The standard InChI is InChI=1S/C16H33NO2S/c1-4-5-6-7-8-9-10-11-16(20)17(12-14-18-2)13-15-19-3/h4-15H2,1-3H3. The van der Waals surface area contributed by atoms with E-state index >= 15 is 0 Å². The SMILES string of the molecule is CCCCCCCCCC(=S)N(CCOC)CCOC. The van der Waals surface area contributed by atoms with Gasteiger partial charge >= 0.3 is 0 Å². The van der Waals surface area contributed by atoms with Gasteiger partial charge in [-0.05, 0) is 12.8 Å². The van der Waals surface area contributed by atoms with E-state index in [1.54, 1.807) is 14.2 Å². The maximum Gasteiger partial charge on any atom is 0.0780 e. The number of ether oxygens (including phenoxy) is 2. The minimum Gasteiger partial charge on any atom is -0.383 e. The number of methoxy groups -OCH3 is 2. The van der Waals surface area contributed by atoms with Crippen molar-refractivity contribution < 1.29 is 9.47 Å². The summed E-state index contributed by atoms with van der Waals surface area (Å²) in [6, 6.07) is 0. The first-order valence-corrected chi connectivity index (χ1v) is 8.42. The van der Waals surface area contributed by atoms with Gasteiger partial charge in [0.15, 0.2) is 0 Å². The molecule has 0 aromatic rings. The Morgan fingerprint density at radius 1 is 0.850 bits per heavy atom. The van der Waals surface area contributed by atoms with Crippen LogP contribution in [-0.2, 0) is 9.47 Å². The third kappa shape index (κ3) is 11.6. The molecule has 20 heavy (non-hydrogen) atoms. The van der Waals surface area contributed by atoms with Crippen LogP contribution in [0.4, 0.5) is 0 Å². The summed E-state index contributed by atoms with van der Waals surface area (Å²) >= 11 is 5.54. The fourth-order valence-electron chi connectivity index (χ4n) is 2.16. The molecule has 0 N–H and O–H groups in total. The van der Waals surface area contributed by atoms with Crippen LogP contribution in [0.2, 0.25) is 0 Å². The lowest BCUT2D eigenvalue weighted by molar-refractivity contribution is 0.146. The summed E-state index contributed by atoms with van der Waals surface area (Å²) in [5.41, 5.74) is 0. The van der Waals surface area contributed by atoms with Gasteiger partial charge < -0.3 is 14.4 Å². The highest BCUT2D eigenvalue weighted by Gasteiger charge is 2.08. The first-order valence-electron chi connectivity index (χ1n) is 8.01. The van der Waals surface area contributed by atoms with Crippen LogP contribution in [0.15, 0.2) is 0 Å². The lowest BCUT2D eigenvalue weighted by Crippen LogP contribution is -2.35. The van der Waals surface area contributed by atoms with Gasteiger partial charge in [0.05, 0.1) is 18.2 Å². The Kier molecular flexibility index (Phi) is 15.1. The smallest absolute Gasteiger partial charge is 0.0780 e. The summed E-state index contributed by atoms with van der Waals surface area (Å²) < 4.78 is 10.3. The Hall–Kier alpha value is -0.190. The van der Waals surface area contributed by atoms with Gasteiger partial charge in [-0.15, -0.1) is 0 Å². The second-order valence-electron chi connectivity index (χ2n) is 5.24. The molecule has 0 spiro atoms. The van der Waals surface area contributed by atoms with Gasteiger partial charge in [-0.25, -0.2) is 0 Å². The third-order valence-corrected chi connectivity index (χ3v) is 3.94. The number of hydrogen-bond donors (Lipinski definition) is 0. The Morgan fingerprint density at radius 3 is 1.85 bits per heavy atom. The van der Waals surface area contributed by atoms with Crippen LogP contribution < -0.4 is 0 Å². The van der Waals surface area contributed by atoms with E-state index in [2.05, 4.69) is 11.8 Å². The molecule has 0 atom stereocenters. The molecule has 0 heterocycles. The first kappa shape index (κ1) is 19.8. The molecule has 0 amide bonds. The average molecular weight is 304 g/mol. The summed E-state index contributed by atoms with van der Waals surface area (Å²) in [5.74, 6) is 0. The maximum atomic E-state index is 5.54. The van der Waals surface area contributed by atoms with Gasteiger partial charge in [0.1, 0.15) is 0 Å². The molecule has 0 unspecified atom stereocenters. The molecule has 0 aliphatic rings. The summed E-state index contributed by atoms with van der Waals surface area (Å²) in [6.07, 6.45) is 10.3. The summed E-state index contributed by atoms with van der Waals surface area (Å²) in [5, 5.41) is 0. The summed E-state index contributed by atoms with van der Waals surface area (Å²) in [4.78, 5) is 3.28. The molecule has 0 bridgehead atoms. The second-order valence-corrected chi connectivity index (χ2v) is 5.71. The molecule has 0 saturated carbocycles. The summed E-state index contributed by atoms with van der Waals surface area (Å²) in [7, 11) is 3.46. The zero-order valence-electron chi connectivity index (χ0n) is 13.7. The molecule has 0 rings (SSSR count). The number of hydrogen-bond acceptors (Lipinski definition) is 3. The van der Waals surface area contributed by atoms with Crippen LogP contribution in [0, 0.1) is 0 Å². The van der Waals surface area contributed by atoms with E-state index in [0.717, 1.165) is 37.7 Å². The number of thiocarbonyl (C=S) groups is 1. The number of rotatable bonds is 14. The second kappa shape index (κ2) is 15.2. The zero-order valence-corrected chi connectivity index (χ0v) is 14.5. The van der Waals surface area contributed by atoms with E-state index < -0.39 is 0 Å². The molecule has 120 valence electrons. The van der Waals surface area contributed by atoms with E-state index in [9.17, 15) is 0 Å².